The fraction of sp³-hybridized carbons (Fsp3) is 0.176. The minimum absolute atomic E-state index is 1.30. The Balaban J connectivity index is 2.29. The average molecular weight is 284 g/mol. The van der Waals surface area contributed by atoms with Gasteiger partial charge in [0.1, 0.15) is 0 Å². The summed E-state index contributed by atoms with van der Waals surface area (Å²) in [7, 11) is -1.34. The molecule has 0 saturated heterocycles. The predicted molar refractivity (Wildman–Crippen MR) is 90.1 cm³/mol. The van der Waals surface area contributed by atoms with Crippen LogP contribution >= 0.6 is 11.8 Å². The first kappa shape index (κ1) is 14.2. The van der Waals surface area contributed by atoms with Gasteiger partial charge in [0.2, 0.25) is 0 Å². The van der Waals surface area contributed by atoms with Crippen molar-refractivity contribution in [2.24, 2.45) is 0 Å². The summed E-state index contributed by atoms with van der Waals surface area (Å²) in [6.45, 7) is 7.20. The van der Waals surface area contributed by atoms with Crippen molar-refractivity contribution in [3.8, 4) is 0 Å². The van der Waals surface area contributed by atoms with Gasteiger partial charge in [0, 0.05) is 4.90 Å². The summed E-state index contributed by atoms with van der Waals surface area (Å²) >= 11 is 1.82. The Kier molecular flexibility index (Phi) is 4.67. The first-order chi connectivity index (χ1) is 9.07. The van der Waals surface area contributed by atoms with Gasteiger partial charge in [-0.15, -0.1) is 0 Å². The SMILES string of the molecule is C[Si](C)(C)/C(=C\Sc1ccccc1)c1ccccc1. The topological polar surface area (TPSA) is 0 Å². The fourth-order valence-corrected chi connectivity index (χ4v) is 5.25. The first-order valence-corrected chi connectivity index (χ1v) is 10.9. The zero-order chi connectivity index (χ0) is 13.7. The lowest BCUT2D eigenvalue weighted by Crippen LogP contribution is -2.22. The molecule has 0 heterocycles. The molecule has 0 nitrogen and oxygen atoms in total. The number of rotatable bonds is 4. The van der Waals surface area contributed by atoms with Gasteiger partial charge in [0.25, 0.3) is 0 Å². The fourth-order valence-electron chi connectivity index (χ4n) is 1.92. The minimum Gasteiger partial charge on any atom is -0.0982 e. The molecule has 0 bridgehead atoms. The van der Waals surface area contributed by atoms with E-state index in [4.69, 9.17) is 0 Å². The highest BCUT2D eigenvalue weighted by atomic mass is 32.2. The van der Waals surface area contributed by atoms with E-state index in [1.165, 1.54) is 15.7 Å². The summed E-state index contributed by atoms with van der Waals surface area (Å²) < 4.78 is 0. The Labute approximate surface area is 121 Å². The molecule has 0 aliphatic heterocycles. The van der Waals surface area contributed by atoms with Crippen LogP contribution < -0.4 is 0 Å². The molecular formula is C17H20SSi. The molecule has 2 rings (SSSR count). The first-order valence-electron chi connectivity index (χ1n) is 6.55. The zero-order valence-corrected chi connectivity index (χ0v) is 13.6. The highest BCUT2D eigenvalue weighted by Gasteiger charge is 2.20. The number of thioether (sulfide) groups is 1. The van der Waals surface area contributed by atoms with Crippen LogP contribution in [-0.2, 0) is 0 Å². The summed E-state index contributed by atoms with van der Waals surface area (Å²) in [5, 5.41) is 3.86. The van der Waals surface area contributed by atoms with E-state index in [-0.39, 0.29) is 0 Å². The van der Waals surface area contributed by atoms with Gasteiger partial charge < -0.3 is 0 Å². The van der Waals surface area contributed by atoms with Gasteiger partial charge in [0.05, 0.1) is 8.07 Å². The van der Waals surface area contributed by atoms with Crippen molar-refractivity contribution in [2.45, 2.75) is 24.5 Å². The predicted octanol–water partition coefficient (Wildman–Crippen LogP) is 5.70. The van der Waals surface area contributed by atoms with Gasteiger partial charge in [-0.05, 0) is 28.3 Å². The minimum atomic E-state index is -1.34. The molecule has 0 spiro atoms. The van der Waals surface area contributed by atoms with Gasteiger partial charge in [-0.1, -0.05) is 79.9 Å². The van der Waals surface area contributed by atoms with Crippen molar-refractivity contribution in [2.75, 3.05) is 0 Å². The quantitative estimate of drug-likeness (QED) is 0.513. The van der Waals surface area contributed by atoms with Crippen LogP contribution in [-0.4, -0.2) is 8.07 Å². The molecule has 98 valence electrons. The number of benzene rings is 2. The van der Waals surface area contributed by atoms with Crippen molar-refractivity contribution in [1.82, 2.24) is 0 Å². The van der Waals surface area contributed by atoms with Gasteiger partial charge in [-0.3, -0.25) is 0 Å². The molecule has 0 saturated carbocycles. The van der Waals surface area contributed by atoms with E-state index in [1.54, 1.807) is 0 Å². The average Bonchev–Trinajstić information content (AvgIpc) is 2.40. The van der Waals surface area contributed by atoms with Crippen molar-refractivity contribution >= 4 is 25.0 Å². The Morgan fingerprint density at radius 3 is 1.89 bits per heavy atom. The molecule has 0 radical (unpaired) electrons. The van der Waals surface area contributed by atoms with Crippen molar-refractivity contribution in [3.05, 3.63) is 71.6 Å². The van der Waals surface area contributed by atoms with E-state index in [0.717, 1.165) is 0 Å². The number of hydrogen-bond donors (Lipinski definition) is 0. The van der Waals surface area contributed by atoms with E-state index in [0.29, 0.717) is 0 Å². The second-order valence-electron chi connectivity index (χ2n) is 5.58. The van der Waals surface area contributed by atoms with Crippen LogP contribution in [0, 0.1) is 0 Å². The van der Waals surface area contributed by atoms with Crippen molar-refractivity contribution in [1.29, 1.82) is 0 Å². The molecule has 0 aliphatic rings. The third-order valence-corrected chi connectivity index (χ3v) is 6.11. The second-order valence-corrected chi connectivity index (χ2v) is 11.6. The normalized spacial score (nSPS) is 12.5. The van der Waals surface area contributed by atoms with Gasteiger partial charge >= 0.3 is 0 Å². The van der Waals surface area contributed by atoms with E-state index < -0.39 is 8.07 Å². The summed E-state index contributed by atoms with van der Waals surface area (Å²) in [5.74, 6) is 0. The third-order valence-electron chi connectivity index (χ3n) is 2.95. The second kappa shape index (κ2) is 6.26. The van der Waals surface area contributed by atoms with Crippen LogP contribution in [0.4, 0.5) is 0 Å². The molecule has 2 aromatic rings. The van der Waals surface area contributed by atoms with Crippen molar-refractivity contribution in [3.63, 3.8) is 0 Å². The molecule has 0 atom stereocenters. The Hall–Kier alpha value is -1.25. The lowest BCUT2D eigenvalue weighted by Gasteiger charge is -2.21. The maximum Gasteiger partial charge on any atom is 0.0790 e. The summed E-state index contributed by atoms with van der Waals surface area (Å²) in [6, 6.07) is 21.3. The van der Waals surface area contributed by atoms with E-state index in [2.05, 4.69) is 85.7 Å². The van der Waals surface area contributed by atoms with Gasteiger partial charge in [-0.2, -0.15) is 0 Å². The van der Waals surface area contributed by atoms with Gasteiger partial charge in [-0.25, -0.2) is 0 Å². The smallest absolute Gasteiger partial charge is 0.0790 e. The Morgan fingerprint density at radius 1 is 0.842 bits per heavy atom. The van der Waals surface area contributed by atoms with Crippen LogP contribution in [0.5, 0.6) is 0 Å². The lowest BCUT2D eigenvalue weighted by molar-refractivity contribution is 1.47. The monoisotopic (exact) mass is 284 g/mol. The molecule has 0 aliphatic carbocycles. The van der Waals surface area contributed by atoms with Crippen LogP contribution in [0.2, 0.25) is 19.6 Å². The maximum absolute atomic E-state index is 2.40. The van der Waals surface area contributed by atoms with Crippen LogP contribution in [0.25, 0.3) is 5.20 Å². The molecule has 0 fully saturated rings. The lowest BCUT2D eigenvalue weighted by atomic mass is 10.2. The highest BCUT2D eigenvalue weighted by Crippen LogP contribution is 2.31. The summed E-state index contributed by atoms with van der Waals surface area (Å²) in [4.78, 5) is 1.30. The van der Waals surface area contributed by atoms with Crippen molar-refractivity contribution < 1.29 is 0 Å². The number of hydrogen-bond acceptors (Lipinski definition) is 1. The molecule has 19 heavy (non-hydrogen) atoms. The molecule has 0 amide bonds. The van der Waals surface area contributed by atoms with Crippen LogP contribution in [0.15, 0.2) is 71.0 Å². The van der Waals surface area contributed by atoms with Gasteiger partial charge in [0.15, 0.2) is 0 Å². The highest BCUT2D eigenvalue weighted by molar-refractivity contribution is 8.02. The maximum atomic E-state index is 2.40. The molecular weight excluding hydrogens is 264 g/mol. The summed E-state index contributed by atoms with van der Waals surface area (Å²) in [5.41, 5.74) is 1.37. The zero-order valence-electron chi connectivity index (χ0n) is 11.8. The van der Waals surface area contributed by atoms with Crippen LogP contribution in [0.1, 0.15) is 5.56 Å². The molecule has 0 N–H and O–H groups in total. The van der Waals surface area contributed by atoms with E-state index in [1.807, 2.05) is 11.8 Å². The third kappa shape index (κ3) is 4.12. The molecule has 0 aromatic heterocycles. The standard InChI is InChI=1S/C17H20SSi/c1-19(2,3)17(15-10-6-4-7-11-15)14-18-16-12-8-5-9-13-16/h4-14H,1-3H3/b17-14-. The van der Waals surface area contributed by atoms with E-state index >= 15 is 0 Å². The molecule has 0 unspecified atom stereocenters. The van der Waals surface area contributed by atoms with Crippen LogP contribution in [0.3, 0.4) is 0 Å². The molecule has 2 heteroatoms. The largest absolute Gasteiger partial charge is 0.0982 e. The Bertz CT molecular complexity index is 538. The van der Waals surface area contributed by atoms with E-state index in [9.17, 15) is 0 Å². The summed E-state index contributed by atoms with van der Waals surface area (Å²) in [6.07, 6.45) is 0. The molecule has 2 aromatic carbocycles. The Morgan fingerprint density at radius 2 is 1.37 bits per heavy atom.